The predicted octanol–water partition coefficient (Wildman–Crippen LogP) is 1.63. The van der Waals surface area contributed by atoms with Crippen LogP contribution < -0.4 is 10.6 Å². The largest absolute Gasteiger partial charge is 0.396 e. The summed E-state index contributed by atoms with van der Waals surface area (Å²) in [5.74, 6) is 0. The third-order valence-corrected chi connectivity index (χ3v) is 3.16. The highest BCUT2D eigenvalue weighted by Gasteiger charge is 2.06. The zero-order chi connectivity index (χ0) is 12.0. The molecular weight excluding hydrogens is 224 g/mol. The number of urea groups is 1. The van der Waals surface area contributed by atoms with Crippen LogP contribution in [0, 0.1) is 6.92 Å². The average Bonchev–Trinajstić information content (AvgIpc) is 2.61. The van der Waals surface area contributed by atoms with Crippen molar-refractivity contribution < 1.29 is 9.90 Å². The van der Waals surface area contributed by atoms with Gasteiger partial charge in [0.1, 0.15) is 0 Å². The highest BCUT2D eigenvalue weighted by atomic mass is 32.1. The summed E-state index contributed by atoms with van der Waals surface area (Å²) in [7, 11) is 0. The van der Waals surface area contributed by atoms with E-state index in [0.29, 0.717) is 13.0 Å². The van der Waals surface area contributed by atoms with Crippen molar-refractivity contribution in [1.82, 2.24) is 10.6 Å². The maximum absolute atomic E-state index is 11.4. The third-order valence-electron chi connectivity index (χ3n) is 2.16. The van der Waals surface area contributed by atoms with Gasteiger partial charge in [-0.25, -0.2) is 4.79 Å². The first kappa shape index (κ1) is 13.0. The van der Waals surface area contributed by atoms with E-state index < -0.39 is 0 Å². The summed E-state index contributed by atoms with van der Waals surface area (Å²) in [6, 6.07) is 3.85. The van der Waals surface area contributed by atoms with Crippen molar-refractivity contribution in [3.05, 3.63) is 21.9 Å². The van der Waals surface area contributed by atoms with Crippen LogP contribution in [0.2, 0.25) is 0 Å². The molecule has 0 bridgehead atoms. The molecule has 0 spiro atoms. The van der Waals surface area contributed by atoms with Gasteiger partial charge in [-0.1, -0.05) is 0 Å². The van der Waals surface area contributed by atoms with Crippen molar-refractivity contribution in [2.45, 2.75) is 32.9 Å². The number of aryl methyl sites for hydroxylation is 1. The van der Waals surface area contributed by atoms with E-state index in [0.717, 1.165) is 4.88 Å². The van der Waals surface area contributed by atoms with Crippen molar-refractivity contribution in [2.75, 3.05) is 6.61 Å². The summed E-state index contributed by atoms with van der Waals surface area (Å²) < 4.78 is 0. The van der Waals surface area contributed by atoms with Gasteiger partial charge in [0.2, 0.25) is 0 Å². The van der Waals surface area contributed by atoms with Crippen LogP contribution in [-0.2, 0) is 6.54 Å². The summed E-state index contributed by atoms with van der Waals surface area (Å²) in [4.78, 5) is 13.8. The molecule has 2 amide bonds. The average molecular weight is 242 g/mol. The third kappa shape index (κ3) is 4.63. The second kappa shape index (κ2) is 6.50. The number of rotatable bonds is 5. The van der Waals surface area contributed by atoms with E-state index in [-0.39, 0.29) is 18.7 Å². The summed E-state index contributed by atoms with van der Waals surface area (Å²) in [5, 5.41) is 14.2. The maximum Gasteiger partial charge on any atom is 0.315 e. The molecular formula is C11H18N2O2S. The Morgan fingerprint density at radius 2 is 2.31 bits per heavy atom. The highest BCUT2D eigenvalue weighted by Crippen LogP contribution is 2.14. The molecule has 0 saturated heterocycles. The molecule has 4 nitrogen and oxygen atoms in total. The van der Waals surface area contributed by atoms with E-state index >= 15 is 0 Å². The van der Waals surface area contributed by atoms with Crippen LogP contribution in [0.4, 0.5) is 4.79 Å². The number of aliphatic hydroxyl groups excluding tert-OH is 1. The molecule has 1 aromatic heterocycles. The fraction of sp³-hybridized carbons (Fsp3) is 0.545. The van der Waals surface area contributed by atoms with Crippen molar-refractivity contribution >= 4 is 17.4 Å². The predicted molar refractivity (Wildman–Crippen MR) is 65.6 cm³/mol. The molecule has 0 aromatic carbocycles. The Bertz CT molecular complexity index is 338. The molecule has 0 aliphatic heterocycles. The first-order valence-electron chi connectivity index (χ1n) is 5.32. The van der Waals surface area contributed by atoms with Crippen LogP contribution in [0.3, 0.4) is 0 Å². The number of nitrogens with one attached hydrogen (secondary N) is 2. The van der Waals surface area contributed by atoms with Crippen LogP contribution in [0.15, 0.2) is 12.1 Å². The Kier molecular flexibility index (Phi) is 5.28. The molecule has 1 heterocycles. The van der Waals surface area contributed by atoms with Gasteiger partial charge < -0.3 is 15.7 Å². The van der Waals surface area contributed by atoms with Crippen LogP contribution in [0.5, 0.6) is 0 Å². The number of hydrogen-bond acceptors (Lipinski definition) is 3. The highest BCUT2D eigenvalue weighted by molar-refractivity contribution is 7.11. The molecule has 0 unspecified atom stereocenters. The maximum atomic E-state index is 11.4. The van der Waals surface area contributed by atoms with E-state index in [1.807, 2.05) is 26.0 Å². The Morgan fingerprint density at radius 3 is 2.88 bits per heavy atom. The second-order valence-corrected chi connectivity index (χ2v) is 5.13. The van der Waals surface area contributed by atoms with Gasteiger partial charge in [-0.15, -0.1) is 11.3 Å². The van der Waals surface area contributed by atoms with Gasteiger partial charge in [-0.05, 0) is 32.4 Å². The number of carbonyl (C=O) groups is 1. The molecule has 0 saturated carbocycles. The normalized spacial score (nSPS) is 12.2. The number of thiophene rings is 1. The molecule has 5 heteroatoms. The van der Waals surface area contributed by atoms with Crippen molar-refractivity contribution in [2.24, 2.45) is 0 Å². The fourth-order valence-corrected chi connectivity index (χ4v) is 2.12. The Balaban J connectivity index is 2.25. The van der Waals surface area contributed by atoms with E-state index in [1.165, 1.54) is 4.88 Å². The second-order valence-electron chi connectivity index (χ2n) is 3.75. The van der Waals surface area contributed by atoms with Crippen LogP contribution >= 0.6 is 11.3 Å². The molecule has 1 atom stereocenters. The molecule has 0 radical (unpaired) electrons. The lowest BCUT2D eigenvalue weighted by Gasteiger charge is -2.12. The van der Waals surface area contributed by atoms with Crippen molar-refractivity contribution in [1.29, 1.82) is 0 Å². The van der Waals surface area contributed by atoms with Gasteiger partial charge in [0.15, 0.2) is 0 Å². The Morgan fingerprint density at radius 1 is 1.56 bits per heavy atom. The fourth-order valence-electron chi connectivity index (χ4n) is 1.29. The van der Waals surface area contributed by atoms with Gasteiger partial charge in [0.25, 0.3) is 0 Å². The van der Waals surface area contributed by atoms with Crippen LogP contribution in [-0.4, -0.2) is 23.8 Å². The first-order chi connectivity index (χ1) is 7.61. The van der Waals surface area contributed by atoms with E-state index in [1.54, 1.807) is 11.3 Å². The molecule has 16 heavy (non-hydrogen) atoms. The quantitative estimate of drug-likeness (QED) is 0.735. The SMILES string of the molecule is Cc1ccc(CNC(=O)N[C@H](C)CCO)s1. The number of amides is 2. The Hall–Kier alpha value is -1.07. The topological polar surface area (TPSA) is 61.4 Å². The zero-order valence-corrected chi connectivity index (χ0v) is 10.4. The molecule has 1 aromatic rings. The lowest BCUT2D eigenvalue weighted by Crippen LogP contribution is -2.40. The minimum Gasteiger partial charge on any atom is -0.396 e. The summed E-state index contributed by atoms with van der Waals surface area (Å²) in [5.41, 5.74) is 0. The monoisotopic (exact) mass is 242 g/mol. The summed E-state index contributed by atoms with van der Waals surface area (Å²) in [6.07, 6.45) is 0.575. The van der Waals surface area contributed by atoms with Gasteiger partial charge in [0, 0.05) is 22.4 Å². The summed E-state index contributed by atoms with van der Waals surface area (Å²) >= 11 is 1.68. The van der Waals surface area contributed by atoms with Gasteiger partial charge in [-0.3, -0.25) is 0 Å². The number of carbonyl (C=O) groups excluding carboxylic acids is 1. The number of aliphatic hydroxyl groups is 1. The van der Waals surface area contributed by atoms with E-state index in [4.69, 9.17) is 5.11 Å². The smallest absolute Gasteiger partial charge is 0.315 e. The molecule has 90 valence electrons. The van der Waals surface area contributed by atoms with Gasteiger partial charge >= 0.3 is 6.03 Å². The first-order valence-corrected chi connectivity index (χ1v) is 6.14. The Labute approximate surface area is 99.7 Å². The van der Waals surface area contributed by atoms with E-state index in [9.17, 15) is 4.79 Å². The van der Waals surface area contributed by atoms with Crippen LogP contribution in [0.1, 0.15) is 23.1 Å². The van der Waals surface area contributed by atoms with Gasteiger partial charge in [-0.2, -0.15) is 0 Å². The molecule has 0 aliphatic carbocycles. The molecule has 3 N–H and O–H groups in total. The minimum absolute atomic E-state index is 0.00456. The molecule has 0 fully saturated rings. The standard InChI is InChI=1S/C11H18N2O2S/c1-8(5-6-14)13-11(15)12-7-10-4-3-9(2)16-10/h3-4,8,14H,5-7H2,1-2H3,(H2,12,13,15)/t8-/m1/s1. The summed E-state index contributed by atoms with van der Waals surface area (Å²) in [6.45, 7) is 4.55. The lowest BCUT2D eigenvalue weighted by atomic mass is 10.2. The molecule has 1 rings (SSSR count). The van der Waals surface area contributed by atoms with Crippen LogP contribution in [0.25, 0.3) is 0 Å². The van der Waals surface area contributed by atoms with E-state index in [2.05, 4.69) is 10.6 Å². The lowest BCUT2D eigenvalue weighted by molar-refractivity contribution is 0.231. The van der Waals surface area contributed by atoms with Crippen molar-refractivity contribution in [3.63, 3.8) is 0 Å². The minimum atomic E-state index is -0.188. The van der Waals surface area contributed by atoms with Gasteiger partial charge in [0.05, 0.1) is 6.54 Å². The zero-order valence-electron chi connectivity index (χ0n) is 9.62. The number of hydrogen-bond donors (Lipinski definition) is 3. The molecule has 0 aliphatic rings. The van der Waals surface area contributed by atoms with Crippen molar-refractivity contribution in [3.8, 4) is 0 Å².